The minimum atomic E-state index is -0.414. The lowest BCUT2D eigenvalue weighted by molar-refractivity contribution is 0.0527. The van der Waals surface area contributed by atoms with Crippen molar-refractivity contribution in [2.75, 3.05) is 18.6 Å². The zero-order valence-corrected chi connectivity index (χ0v) is 16.0. The van der Waals surface area contributed by atoms with Gasteiger partial charge in [-0.2, -0.15) is 0 Å². The van der Waals surface area contributed by atoms with E-state index in [2.05, 4.69) is 4.98 Å². The maximum absolute atomic E-state index is 12.5. The Morgan fingerprint density at radius 3 is 2.58 bits per heavy atom. The van der Waals surface area contributed by atoms with Gasteiger partial charge in [0, 0.05) is 25.2 Å². The van der Waals surface area contributed by atoms with Crippen LogP contribution in [0, 0.1) is 0 Å². The molecule has 0 radical (unpaired) electrons. The molecule has 3 aromatic rings. The summed E-state index contributed by atoms with van der Waals surface area (Å²) in [5.41, 5.74) is 2.80. The Hall–Kier alpha value is -2.30. The highest BCUT2D eigenvalue weighted by molar-refractivity contribution is 6.45. The molecular formula is C20H18Cl2N2O2. The number of carbonyl (C=O) groups excluding carboxylic acids is 1. The van der Waals surface area contributed by atoms with Gasteiger partial charge in [-0.05, 0) is 24.6 Å². The normalized spacial score (nSPS) is 10.8. The number of hydrogen-bond donors (Lipinski definition) is 0. The van der Waals surface area contributed by atoms with Crippen LogP contribution in [0.25, 0.3) is 10.9 Å². The molecule has 0 aliphatic carbocycles. The molecule has 0 fully saturated rings. The van der Waals surface area contributed by atoms with Crippen molar-refractivity contribution in [3.63, 3.8) is 0 Å². The van der Waals surface area contributed by atoms with Crippen molar-refractivity contribution in [3.8, 4) is 0 Å². The Morgan fingerprint density at radius 1 is 1.15 bits per heavy atom. The fourth-order valence-electron chi connectivity index (χ4n) is 2.90. The second-order valence-corrected chi connectivity index (χ2v) is 6.63. The lowest BCUT2D eigenvalue weighted by Gasteiger charge is -2.24. The van der Waals surface area contributed by atoms with Gasteiger partial charge in [-0.15, -0.1) is 0 Å². The maximum atomic E-state index is 12.5. The molecule has 0 unspecified atom stereocenters. The monoisotopic (exact) mass is 388 g/mol. The quantitative estimate of drug-likeness (QED) is 0.552. The van der Waals surface area contributed by atoms with E-state index in [-0.39, 0.29) is 0 Å². The zero-order valence-electron chi connectivity index (χ0n) is 14.5. The molecule has 134 valence electrons. The van der Waals surface area contributed by atoms with Crippen LogP contribution in [0.5, 0.6) is 0 Å². The van der Waals surface area contributed by atoms with E-state index in [9.17, 15) is 4.79 Å². The molecule has 0 spiro atoms. The molecule has 0 saturated heterocycles. The van der Waals surface area contributed by atoms with Gasteiger partial charge in [-0.1, -0.05) is 53.5 Å². The summed E-state index contributed by atoms with van der Waals surface area (Å²) in [5, 5.41) is 1.55. The molecule has 1 heterocycles. The van der Waals surface area contributed by atoms with E-state index in [0.29, 0.717) is 34.3 Å². The number of ether oxygens (including phenoxy) is 1. The SMILES string of the molecule is CCOC(=O)c1cnc2c(Cl)c(Cl)ccc2c1N(C)Cc1ccccc1. The summed E-state index contributed by atoms with van der Waals surface area (Å²) in [6, 6.07) is 13.5. The summed E-state index contributed by atoms with van der Waals surface area (Å²) in [6.45, 7) is 2.68. The number of nitrogens with zero attached hydrogens (tertiary/aromatic N) is 2. The highest BCUT2D eigenvalue weighted by Gasteiger charge is 2.21. The summed E-state index contributed by atoms with van der Waals surface area (Å²) in [6.07, 6.45) is 1.50. The Morgan fingerprint density at radius 2 is 1.88 bits per heavy atom. The first-order chi connectivity index (χ1) is 12.5. The average molecular weight is 389 g/mol. The van der Waals surface area contributed by atoms with Crippen LogP contribution in [0.15, 0.2) is 48.7 Å². The van der Waals surface area contributed by atoms with Crippen molar-refractivity contribution >= 4 is 45.8 Å². The maximum Gasteiger partial charge on any atom is 0.341 e. The largest absolute Gasteiger partial charge is 0.462 e. The van der Waals surface area contributed by atoms with Crippen molar-refractivity contribution in [1.29, 1.82) is 0 Å². The van der Waals surface area contributed by atoms with E-state index in [1.54, 1.807) is 13.0 Å². The summed E-state index contributed by atoms with van der Waals surface area (Å²) in [4.78, 5) is 18.8. The number of pyridine rings is 1. The molecular weight excluding hydrogens is 371 g/mol. The van der Waals surface area contributed by atoms with Crippen LogP contribution in [0.1, 0.15) is 22.8 Å². The first-order valence-electron chi connectivity index (χ1n) is 8.21. The van der Waals surface area contributed by atoms with Gasteiger partial charge in [-0.3, -0.25) is 4.98 Å². The molecule has 0 amide bonds. The van der Waals surface area contributed by atoms with Gasteiger partial charge in [0.05, 0.1) is 27.9 Å². The second-order valence-electron chi connectivity index (χ2n) is 5.84. The Bertz CT molecular complexity index is 945. The molecule has 4 nitrogen and oxygen atoms in total. The van der Waals surface area contributed by atoms with Crippen molar-refractivity contribution in [2.24, 2.45) is 0 Å². The first kappa shape index (κ1) is 18.5. The van der Waals surface area contributed by atoms with E-state index in [4.69, 9.17) is 27.9 Å². The van der Waals surface area contributed by atoms with Crippen LogP contribution in [0.3, 0.4) is 0 Å². The molecule has 0 aliphatic rings. The van der Waals surface area contributed by atoms with E-state index < -0.39 is 5.97 Å². The Kier molecular flexibility index (Phi) is 5.64. The Balaban J connectivity index is 2.16. The zero-order chi connectivity index (χ0) is 18.7. The van der Waals surface area contributed by atoms with Gasteiger partial charge in [-0.25, -0.2) is 4.79 Å². The van der Waals surface area contributed by atoms with E-state index >= 15 is 0 Å². The third-order valence-corrected chi connectivity index (χ3v) is 4.84. The van der Waals surface area contributed by atoms with Gasteiger partial charge < -0.3 is 9.64 Å². The van der Waals surface area contributed by atoms with Crippen molar-refractivity contribution in [2.45, 2.75) is 13.5 Å². The molecule has 3 rings (SSSR count). The lowest BCUT2D eigenvalue weighted by atomic mass is 10.1. The van der Waals surface area contributed by atoms with E-state index in [1.807, 2.05) is 48.3 Å². The van der Waals surface area contributed by atoms with Crippen molar-refractivity contribution in [3.05, 3.63) is 69.8 Å². The van der Waals surface area contributed by atoms with Crippen molar-refractivity contribution in [1.82, 2.24) is 4.98 Å². The fourth-order valence-corrected chi connectivity index (χ4v) is 3.26. The standard InChI is InChI=1S/C20H18Cl2N2O2/c1-3-26-20(25)15-11-23-18-14(9-10-16(21)17(18)22)19(15)24(2)12-13-7-5-4-6-8-13/h4-11H,3,12H2,1-2H3. The number of carbonyl (C=O) groups is 1. The number of fused-ring (bicyclic) bond motifs is 1. The topological polar surface area (TPSA) is 42.4 Å². The lowest BCUT2D eigenvalue weighted by Crippen LogP contribution is -2.21. The van der Waals surface area contributed by atoms with Crippen LogP contribution in [0.2, 0.25) is 10.0 Å². The number of hydrogen-bond acceptors (Lipinski definition) is 4. The third-order valence-electron chi connectivity index (χ3n) is 4.04. The summed E-state index contributed by atoms with van der Waals surface area (Å²) in [5.74, 6) is -0.414. The number of esters is 1. The molecule has 0 bridgehead atoms. The molecule has 0 N–H and O–H groups in total. The predicted molar refractivity (Wildman–Crippen MR) is 106 cm³/mol. The number of halogens is 2. The molecule has 1 aromatic heterocycles. The van der Waals surface area contributed by atoms with Gasteiger partial charge in [0.15, 0.2) is 0 Å². The predicted octanol–water partition coefficient (Wildman–Crippen LogP) is 5.35. The van der Waals surface area contributed by atoms with Crippen LogP contribution >= 0.6 is 23.2 Å². The molecule has 0 aliphatic heterocycles. The van der Waals surface area contributed by atoms with E-state index in [0.717, 1.165) is 16.6 Å². The average Bonchev–Trinajstić information content (AvgIpc) is 2.64. The molecule has 0 saturated carbocycles. The summed E-state index contributed by atoms with van der Waals surface area (Å²) < 4.78 is 5.21. The van der Waals surface area contributed by atoms with Gasteiger partial charge >= 0.3 is 5.97 Å². The number of rotatable bonds is 5. The number of anilines is 1. The van der Waals surface area contributed by atoms with Gasteiger partial charge in [0.1, 0.15) is 5.56 Å². The Labute approximate surface area is 162 Å². The van der Waals surface area contributed by atoms with Gasteiger partial charge in [0.2, 0.25) is 0 Å². The fraction of sp³-hybridized carbons (Fsp3) is 0.200. The highest BCUT2D eigenvalue weighted by atomic mass is 35.5. The minimum Gasteiger partial charge on any atom is -0.462 e. The van der Waals surface area contributed by atoms with Crippen molar-refractivity contribution < 1.29 is 9.53 Å². The summed E-state index contributed by atoms with van der Waals surface area (Å²) in [7, 11) is 1.92. The van der Waals surface area contributed by atoms with Crippen LogP contribution in [0.4, 0.5) is 5.69 Å². The molecule has 26 heavy (non-hydrogen) atoms. The number of benzene rings is 2. The van der Waals surface area contributed by atoms with Crippen LogP contribution < -0.4 is 4.90 Å². The summed E-state index contributed by atoms with van der Waals surface area (Å²) >= 11 is 12.5. The third kappa shape index (κ3) is 3.62. The van der Waals surface area contributed by atoms with Crippen LogP contribution in [-0.2, 0) is 11.3 Å². The molecule has 6 heteroatoms. The molecule has 0 atom stereocenters. The minimum absolute atomic E-state index is 0.292. The van der Waals surface area contributed by atoms with Gasteiger partial charge in [0.25, 0.3) is 0 Å². The second kappa shape index (κ2) is 7.94. The van der Waals surface area contributed by atoms with E-state index in [1.165, 1.54) is 6.20 Å². The van der Waals surface area contributed by atoms with Crippen LogP contribution in [-0.4, -0.2) is 24.6 Å². The first-order valence-corrected chi connectivity index (χ1v) is 8.97. The highest BCUT2D eigenvalue weighted by Crippen LogP contribution is 2.36. The number of aromatic nitrogens is 1. The molecule has 2 aromatic carbocycles. The smallest absolute Gasteiger partial charge is 0.341 e.